The third-order valence-corrected chi connectivity index (χ3v) is 12.3. The third kappa shape index (κ3) is 5.78. The van der Waals surface area contributed by atoms with E-state index in [1.165, 1.54) is 57.8 Å². The predicted octanol–water partition coefficient (Wildman–Crippen LogP) is 7.66. The van der Waals surface area contributed by atoms with E-state index < -0.39 is 0 Å². The van der Waals surface area contributed by atoms with Gasteiger partial charge in [0.05, 0.1) is 19.6 Å². The van der Waals surface area contributed by atoms with Crippen LogP contribution in [0.4, 0.5) is 0 Å². The van der Waals surface area contributed by atoms with Gasteiger partial charge in [-0.25, -0.2) is 0 Å². The highest BCUT2D eigenvalue weighted by Crippen LogP contribution is 2.67. The molecule has 0 aromatic carbocycles. The lowest BCUT2D eigenvalue weighted by Crippen LogP contribution is -2.51. The zero-order chi connectivity index (χ0) is 26.9. The van der Waals surface area contributed by atoms with Crippen molar-refractivity contribution in [1.29, 1.82) is 0 Å². The number of carbonyl (C=O) groups excluding carboxylic acids is 1. The number of carbonyl (C=O) groups is 1. The topological polar surface area (TPSA) is 38.8 Å². The van der Waals surface area contributed by atoms with Crippen LogP contribution in [0.15, 0.2) is 11.6 Å². The molecular weight excluding hydrogens is 470 g/mol. The van der Waals surface area contributed by atoms with Crippen molar-refractivity contribution in [3.05, 3.63) is 11.6 Å². The maximum absolute atomic E-state index is 12.7. The van der Waals surface area contributed by atoms with Gasteiger partial charge in [0.25, 0.3) is 0 Å². The normalized spacial score (nSPS) is 40.2. The number of hydrogen-bond acceptors (Lipinski definition) is 4. The summed E-state index contributed by atoms with van der Waals surface area (Å²) >= 11 is 0. The van der Waals surface area contributed by atoms with E-state index in [0.717, 1.165) is 81.2 Å². The van der Waals surface area contributed by atoms with Crippen molar-refractivity contribution in [2.75, 3.05) is 32.8 Å². The van der Waals surface area contributed by atoms with Crippen molar-refractivity contribution < 1.29 is 14.3 Å². The number of morpholine rings is 1. The van der Waals surface area contributed by atoms with Gasteiger partial charge in [-0.1, -0.05) is 65.5 Å². The summed E-state index contributed by atoms with van der Waals surface area (Å²) in [6, 6.07) is 0. The van der Waals surface area contributed by atoms with E-state index in [1.807, 2.05) is 0 Å². The second-order valence-corrected chi connectivity index (χ2v) is 14.8. The Balaban J connectivity index is 1.17. The lowest BCUT2D eigenvalue weighted by Gasteiger charge is -2.58. The molecule has 0 amide bonds. The van der Waals surface area contributed by atoms with Gasteiger partial charge in [0.2, 0.25) is 0 Å². The largest absolute Gasteiger partial charge is 0.462 e. The molecule has 1 saturated heterocycles. The number of hydrogen-bond donors (Lipinski definition) is 0. The predicted molar refractivity (Wildman–Crippen MR) is 155 cm³/mol. The highest BCUT2D eigenvalue weighted by atomic mass is 16.5. The molecule has 1 aliphatic heterocycles. The highest BCUT2D eigenvalue weighted by Gasteiger charge is 2.59. The Bertz CT molecular complexity index is 847. The van der Waals surface area contributed by atoms with Gasteiger partial charge < -0.3 is 9.47 Å². The first-order chi connectivity index (χ1) is 18.2. The van der Waals surface area contributed by atoms with E-state index in [4.69, 9.17) is 9.47 Å². The first kappa shape index (κ1) is 28.7. The Morgan fingerprint density at radius 1 is 1.05 bits per heavy atom. The molecule has 5 aliphatic rings. The van der Waals surface area contributed by atoms with E-state index in [1.54, 1.807) is 5.57 Å². The van der Waals surface area contributed by atoms with Gasteiger partial charge in [-0.3, -0.25) is 9.69 Å². The molecule has 0 N–H and O–H groups in total. The highest BCUT2D eigenvalue weighted by molar-refractivity contribution is 5.69. The molecule has 0 bridgehead atoms. The van der Waals surface area contributed by atoms with Crippen LogP contribution in [0.3, 0.4) is 0 Å². The van der Waals surface area contributed by atoms with Crippen LogP contribution >= 0.6 is 0 Å². The Kier molecular flexibility index (Phi) is 9.00. The van der Waals surface area contributed by atoms with Gasteiger partial charge in [-0.15, -0.1) is 0 Å². The summed E-state index contributed by atoms with van der Waals surface area (Å²) in [5.74, 6) is 5.22. The van der Waals surface area contributed by atoms with Crippen LogP contribution in [0, 0.1) is 46.3 Å². The van der Waals surface area contributed by atoms with Crippen molar-refractivity contribution in [3.8, 4) is 0 Å². The zero-order valence-corrected chi connectivity index (χ0v) is 25.3. The molecule has 4 aliphatic carbocycles. The second-order valence-electron chi connectivity index (χ2n) is 14.8. The number of esters is 1. The summed E-state index contributed by atoms with van der Waals surface area (Å²) in [6.07, 6.45) is 17.7. The van der Waals surface area contributed by atoms with Gasteiger partial charge in [0, 0.05) is 26.1 Å². The van der Waals surface area contributed by atoms with Crippen molar-refractivity contribution in [1.82, 2.24) is 4.90 Å². The summed E-state index contributed by atoms with van der Waals surface area (Å²) in [5, 5.41) is 0. The van der Waals surface area contributed by atoms with Crippen LogP contribution in [-0.2, 0) is 14.3 Å². The lowest BCUT2D eigenvalue weighted by molar-refractivity contribution is -0.152. The zero-order valence-electron chi connectivity index (χ0n) is 25.3. The maximum Gasteiger partial charge on any atom is 0.307 e. The quantitative estimate of drug-likeness (QED) is 0.228. The molecule has 0 spiro atoms. The standard InChI is InChI=1S/C34H57NO3/c1-24(2)7-6-8-25(3)29-11-12-30-28-10-9-26-23-27(38-32(36)15-18-35-19-21-37-22-20-35)13-16-33(26,4)31(28)14-17-34(29,30)5/h9,24-25,27-31H,6-8,10-23H2,1-5H3/t25-,27-,28+,29-,30+,31+,33-,34+/m0/s1. The molecule has 3 saturated carbocycles. The van der Waals surface area contributed by atoms with Crippen LogP contribution in [0.1, 0.15) is 112 Å². The number of ether oxygens (including phenoxy) is 2. The summed E-state index contributed by atoms with van der Waals surface area (Å²) in [5.41, 5.74) is 2.49. The van der Waals surface area contributed by atoms with E-state index >= 15 is 0 Å². The SMILES string of the molecule is CC(C)CCC[C@H](C)[C@@H]1CC[C@@H]2[C@H]3CC=C4C[C@@H](OC(=O)CCN5CCOCC5)CC[C@]4(C)[C@@H]3CC[C@@]21C. The lowest BCUT2D eigenvalue weighted by atomic mass is 9.47. The molecule has 0 unspecified atom stereocenters. The average molecular weight is 528 g/mol. The molecule has 4 heteroatoms. The van der Waals surface area contributed by atoms with E-state index in [9.17, 15) is 4.79 Å². The van der Waals surface area contributed by atoms with Crippen LogP contribution in [-0.4, -0.2) is 49.8 Å². The van der Waals surface area contributed by atoms with Crippen LogP contribution < -0.4 is 0 Å². The second kappa shape index (κ2) is 11.9. The van der Waals surface area contributed by atoms with Crippen molar-refractivity contribution in [3.63, 3.8) is 0 Å². The summed E-state index contributed by atoms with van der Waals surface area (Å²) in [4.78, 5) is 15.0. The molecule has 216 valence electrons. The molecule has 4 fully saturated rings. The van der Waals surface area contributed by atoms with Gasteiger partial charge >= 0.3 is 5.97 Å². The molecular formula is C34H57NO3. The monoisotopic (exact) mass is 527 g/mol. The summed E-state index contributed by atoms with van der Waals surface area (Å²) in [6.45, 7) is 16.8. The third-order valence-electron chi connectivity index (χ3n) is 12.3. The van der Waals surface area contributed by atoms with Gasteiger partial charge in [-0.05, 0) is 91.3 Å². The van der Waals surface area contributed by atoms with Gasteiger partial charge in [0.1, 0.15) is 6.10 Å². The Labute approximate surface area is 233 Å². The van der Waals surface area contributed by atoms with E-state index in [-0.39, 0.29) is 12.1 Å². The smallest absolute Gasteiger partial charge is 0.307 e. The van der Waals surface area contributed by atoms with Crippen LogP contribution in [0.2, 0.25) is 0 Å². The molecule has 38 heavy (non-hydrogen) atoms. The molecule has 1 heterocycles. The van der Waals surface area contributed by atoms with Crippen molar-refractivity contribution in [2.24, 2.45) is 46.3 Å². The molecule has 4 nitrogen and oxygen atoms in total. The molecule has 0 radical (unpaired) electrons. The van der Waals surface area contributed by atoms with Crippen molar-refractivity contribution >= 4 is 5.97 Å². The molecule has 0 aromatic rings. The minimum absolute atomic E-state index is 0.00711. The summed E-state index contributed by atoms with van der Waals surface area (Å²) < 4.78 is 11.5. The first-order valence-electron chi connectivity index (χ1n) is 16.4. The molecule has 0 aromatic heterocycles. The van der Waals surface area contributed by atoms with Crippen molar-refractivity contribution in [2.45, 2.75) is 118 Å². The van der Waals surface area contributed by atoms with Crippen LogP contribution in [0.25, 0.3) is 0 Å². The molecule has 8 atom stereocenters. The van der Waals surface area contributed by atoms with Crippen LogP contribution in [0.5, 0.6) is 0 Å². The average Bonchev–Trinajstić information content (AvgIpc) is 3.25. The number of fused-ring (bicyclic) bond motifs is 5. The van der Waals surface area contributed by atoms with Gasteiger partial charge in [-0.2, -0.15) is 0 Å². The Hall–Kier alpha value is -0.870. The first-order valence-corrected chi connectivity index (χ1v) is 16.4. The fourth-order valence-corrected chi connectivity index (χ4v) is 10.1. The maximum atomic E-state index is 12.7. The fourth-order valence-electron chi connectivity index (χ4n) is 10.1. The Morgan fingerprint density at radius 3 is 2.61 bits per heavy atom. The minimum atomic E-state index is -0.00711. The number of allylic oxidation sites excluding steroid dienone is 1. The fraction of sp³-hybridized carbons (Fsp3) is 0.912. The van der Waals surface area contributed by atoms with E-state index in [0.29, 0.717) is 17.3 Å². The summed E-state index contributed by atoms with van der Waals surface area (Å²) in [7, 11) is 0. The minimum Gasteiger partial charge on any atom is -0.462 e. The molecule has 5 rings (SSSR count). The number of nitrogens with zero attached hydrogens (tertiary/aromatic N) is 1. The Morgan fingerprint density at radius 2 is 1.84 bits per heavy atom. The van der Waals surface area contributed by atoms with E-state index in [2.05, 4.69) is 45.6 Å². The number of rotatable bonds is 9. The van der Waals surface area contributed by atoms with Gasteiger partial charge in [0.15, 0.2) is 0 Å².